The van der Waals surface area contributed by atoms with Crippen LogP contribution in [0.2, 0.25) is 0 Å². The van der Waals surface area contributed by atoms with E-state index in [1.165, 1.54) is 32.9 Å². The van der Waals surface area contributed by atoms with Crippen molar-refractivity contribution >= 4 is 17.3 Å². The molecule has 1 heterocycles. The number of rotatable bonds is 12. The maximum absolute atomic E-state index is 11.3. The Bertz CT molecular complexity index is 942. The summed E-state index contributed by atoms with van der Waals surface area (Å²) in [7, 11) is 0. The molecular weight excluding hydrogens is 400 g/mol. The van der Waals surface area contributed by atoms with Crippen molar-refractivity contribution in [2.75, 3.05) is 0 Å². The van der Waals surface area contributed by atoms with Crippen LogP contribution in [0, 0.1) is 5.41 Å². The van der Waals surface area contributed by atoms with E-state index >= 15 is 0 Å². The largest absolute Gasteiger partial charge is 0.481 e. The van der Waals surface area contributed by atoms with Crippen LogP contribution in [0.5, 0.6) is 0 Å². The van der Waals surface area contributed by atoms with Gasteiger partial charge in [-0.3, -0.25) is 4.79 Å². The van der Waals surface area contributed by atoms with Gasteiger partial charge in [0.15, 0.2) is 0 Å². The summed E-state index contributed by atoms with van der Waals surface area (Å²) in [5.74, 6) is -0.696. The quantitative estimate of drug-likeness (QED) is 0.295. The molecule has 0 atom stereocenters. The number of aryl methyl sites for hydroxylation is 3. The van der Waals surface area contributed by atoms with Gasteiger partial charge in [-0.05, 0) is 75.1 Å². The summed E-state index contributed by atoms with van der Waals surface area (Å²) < 4.78 is 0. The van der Waals surface area contributed by atoms with E-state index in [-0.39, 0.29) is 0 Å². The number of hydrogen-bond acceptors (Lipinski definition) is 2. The number of carbonyl (C=O) groups is 1. The minimum Gasteiger partial charge on any atom is -0.481 e. The number of aliphatic carboxylic acids is 1. The second-order valence-corrected chi connectivity index (χ2v) is 10.2. The van der Waals surface area contributed by atoms with Gasteiger partial charge in [0.1, 0.15) is 0 Å². The molecule has 3 heteroatoms. The molecule has 2 nitrogen and oxygen atoms in total. The zero-order valence-electron chi connectivity index (χ0n) is 18.8. The third kappa shape index (κ3) is 7.07. The van der Waals surface area contributed by atoms with Crippen LogP contribution in [0.1, 0.15) is 62.0 Å². The van der Waals surface area contributed by atoms with E-state index in [2.05, 4.69) is 66.7 Å². The predicted molar refractivity (Wildman–Crippen MR) is 132 cm³/mol. The summed E-state index contributed by atoms with van der Waals surface area (Å²) in [5, 5.41) is 9.29. The molecular formula is C28H34O2S. The molecule has 0 fully saturated rings. The Hall–Kier alpha value is -2.39. The Morgan fingerprint density at radius 3 is 2.19 bits per heavy atom. The molecule has 1 N–H and O–H groups in total. The van der Waals surface area contributed by atoms with Gasteiger partial charge >= 0.3 is 5.97 Å². The lowest BCUT2D eigenvalue weighted by atomic mass is 9.87. The number of carboxylic acids is 1. The van der Waals surface area contributed by atoms with Gasteiger partial charge in [0.2, 0.25) is 0 Å². The van der Waals surface area contributed by atoms with E-state index in [4.69, 9.17) is 0 Å². The lowest BCUT2D eigenvalue weighted by molar-refractivity contribution is -0.147. The molecule has 0 bridgehead atoms. The molecule has 3 aromatic rings. The monoisotopic (exact) mass is 434 g/mol. The average molecular weight is 435 g/mol. The minimum atomic E-state index is -0.696. The van der Waals surface area contributed by atoms with Crippen molar-refractivity contribution in [3.8, 4) is 10.4 Å². The van der Waals surface area contributed by atoms with Crippen LogP contribution >= 0.6 is 11.3 Å². The molecule has 0 radical (unpaired) electrons. The van der Waals surface area contributed by atoms with E-state index < -0.39 is 11.4 Å². The highest BCUT2D eigenvalue weighted by atomic mass is 32.1. The maximum Gasteiger partial charge on any atom is 0.309 e. The lowest BCUT2D eigenvalue weighted by Gasteiger charge is -2.18. The molecule has 0 saturated heterocycles. The van der Waals surface area contributed by atoms with Crippen molar-refractivity contribution in [1.29, 1.82) is 0 Å². The van der Waals surface area contributed by atoms with Crippen molar-refractivity contribution in [1.82, 2.24) is 0 Å². The molecule has 2 aromatic carbocycles. The van der Waals surface area contributed by atoms with Gasteiger partial charge < -0.3 is 5.11 Å². The molecule has 0 spiro atoms. The fourth-order valence-corrected chi connectivity index (χ4v) is 5.16. The zero-order valence-corrected chi connectivity index (χ0v) is 19.6. The van der Waals surface area contributed by atoms with Crippen molar-refractivity contribution in [3.63, 3.8) is 0 Å². The molecule has 0 aliphatic heterocycles. The molecule has 3 rings (SSSR count). The number of thiophene rings is 1. The number of unbranched alkanes of at least 4 members (excludes halogenated alkanes) is 2. The number of benzene rings is 2. The van der Waals surface area contributed by atoms with E-state index in [0.717, 1.165) is 44.9 Å². The van der Waals surface area contributed by atoms with E-state index in [1.54, 1.807) is 0 Å². The summed E-state index contributed by atoms with van der Waals surface area (Å²) in [6.45, 7) is 3.65. The number of carboxylic acid groups (broad SMARTS) is 1. The molecule has 31 heavy (non-hydrogen) atoms. The summed E-state index contributed by atoms with van der Waals surface area (Å²) in [5.41, 5.74) is 3.57. The summed E-state index contributed by atoms with van der Waals surface area (Å²) in [4.78, 5) is 14.2. The van der Waals surface area contributed by atoms with Gasteiger partial charge in [0, 0.05) is 9.75 Å². The molecule has 0 aliphatic rings. The summed E-state index contributed by atoms with van der Waals surface area (Å²) in [6.07, 6.45) is 8.39. The van der Waals surface area contributed by atoms with Crippen LogP contribution < -0.4 is 0 Å². The highest BCUT2D eigenvalue weighted by Crippen LogP contribution is 2.34. The van der Waals surface area contributed by atoms with Crippen LogP contribution in [-0.2, 0) is 24.1 Å². The van der Waals surface area contributed by atoms with Gasteiger partial charge in [0.25, 0.3) is 0 Å². The summed E-state index contributed by atoms with van der Waals surface area (Å²) >= 11 is 1.94. The van der Waals surface area contributed by atoms with Gasteiger partial charge in [-0.15, -0.1) is 11.3 Å². The Labute approximate surface area is 191 Å². The van der Waals surface area contributed by atoms with Gasteiger partial charge in [0.05, 0.1) is 5.41 Å². The Morgan fingerprint density at radius 2 is 1.52 bits per heavy atom. The third-order valence-corrected chi connectivity index (χ3v) is 7.28. The van der Waals surface area contributed by atoms with Crippen LogP contribution in [-0.4, -0.2) is 11.1 Å². The fraction of sp³-hybridized carbons (Fsp3) is 0.393. The van der Waals surface area contributed by atoms with Gasteiger partial charge in [-0.2, -0.15) is 0 Å². The summed E-state index contributed by atoms with van der Waals surface area (Å²) in [6, 6.07) is 23.8. The van der Waals surface area contributed by atoms with Gasteiger partial charge in [-0.1, -0.05) is 73.5 Å². The SMILES string of the molecule is CC(C)(CCCCCc1cc(-c2ccccc2)sc1CCCc1ccccc1)C(=O)O. The molecule has 0 unspecified atom stereocenters. The Kier molecular flexibility index (Phi) is 8.48. The molecule has 0 aliphatic carbocycles. The molecule has 0 saturated carbocycles. The second kappa shape index (κ2) is 11.3. The molecule has 164 valence electrons. The van der Waals surface area contributed by atoms with Crippen LogP contribution in [0.3, 0.4) is 0 Å². The standard InChI is InChI=1S/C28H34O2S/c1-28(2,27(29)30)20-11-5-10-18-24-21-26(23-16-8-4-9-17-23)31-25(24)19-12-15-22-13-6-3-7-14-22/h3-4,6-9,13-14,16-17,21H,5,10-12,15,18-20H2,1-2H3,(H,29,30). The highest BCUT2D eigenvalue weighted by Gasteiger charge is 2.25. The predicted octanol–water partition coefficient (Wildman–Crippen LogP) is 7.80. The Balaban J connectivity index is 1.60. The minimum absolute atomic E-state index is 0.620. The first kappa shape index (κ1) is 23.3. The maximum atomic E-state index is 11.3. The number of hydrogen-bond donors (Lipinski definition) is 1. The lowest BCUT2D eigenvalue weighted by Crippen LogP contribution is -2.23. The fourth-order valence-electron chi connectivity index (χ4n) is 3.90. The first-order valence-corrected chi connectivity index (χ1v) is 12.2. The Morgan fingerprint density at radius 1 is 0.839 bits per heavy atom. The normalized spacial score (nSPS) is 11.5. The van der Waals surface area contributed by atoms with Crippen molar-refractivity contribution in [2.24, 2.45) is 5.41 Å². The van der Waals surface area contributed by atoms with Crippen molar-refractivity contribution < 1.29 is 9.90 Å². The first-order valence-electron chi connectivity index (χ1n) is 11.4. The molecule has 0 amide bonds. The molecule has 1 aromatic heterocycles. The second-order valence-electron chi connectivity index (χ2n) is 9.01. The van der Waals surface area contributed by atoms with Crippen LogP contribution in [0.4, 0.5) is 0 Å². The third-order valence-electron chi connectivity index (χ3n) is 5.99. The van der Waals surface area contributed by atoms with E-state index in [9.17, 15) is 9.90 Å². The average Bonchev–Trinajstić information content (AvgIpc) is 3.18. The topological polar surface area (TPSA) is 37.3 Å². The van der Waals surface area contributed by atoms with Crippen molar-refractivity contribution in [2.45, 2.75) is 65.2 Å². The van der Waals surface area contributed by atoms with Crippen molar-refractivity contribution in [3.05, 3.63) is 82.7 Å². The van der Waals surface area contributed by atoms with Crippen LogP contribution in [0.25, 0.3) is 10.4 Å². The van der Waals surface area contributed by atoms with Crippen LogP contribution in [0.15, 0.2) is 66.7 Å². The smallest absolute Gasteiger partial charge is 0.309 e. The first-order chi connectivity index (χ1) is 15.0. The van der Waals surface area contributed by atoms with Gasteiger partial charge in [-0.25, -0.2) is 0 Å². The zero-order chi connectivity index (χ0) is 22.1. The van der Waals surface area contributed by atoms with E-state index in [1.807, 2.05) is 25.2 Å². The highest BCUT2D eigenvalue weighted by molar-refractivity contribution is 7.15. The van der Waals surface area contributed by atoms with E-state index in [0.29, 0.717) is 0 Å².